The van der Waals surface area contributed by atoms with Gasteiger partial charge in [0.05, 0.1) is 0 Å². The maximum Gasteiger partial charge on any atom is 0.243 e. The summed E-state index contributed by atoms with van der Waals surface area (Å²) in [7, 11) is 4.09. The van der Waals surface area contributed by atoms with Crippen molar-refractivity contribution in [2.75, 3.05) is 66.5 Å². The van der Waals surface area contributed by atoms with Crippen LogP contribution in [0.25, 0.3) is 0 Å². The van der Waals surface area contributed by atoms with Gasteiger partial charge in [0.25, 0.3) is 0 Å². The van der Waals surface area contributed by atoms with Crippen molar-refractivity contribution < 1.29 is 19.2 Å². The number of amides is 4. The number of unbranched alkanes of at least 4 members (excludes halogenated alkanes) is 19. The molecule has 0 spiro atoms. The normalized spacial score (nSPS) is 13.0. The van der Waals surface area contributed by atoms with E-state index in [-0.39, 0.29) is 35.5 Å². The second kappa shape index (κ2) is 50.6. The standard InChI is InChI=1S/C64H120N6O4/c1-11-15-17-19-21-23-25-27-29-31-33-35-37-39-43-49-59(71)69(55-47-53-67(9)10)61(57(5)6)63(73)65-51-45-41-42-46-52-66-64(74)62(58(7)8)70(56-48-54-68(13-3)14-4)60(72)50-44-40-38-36-34-32-30-28-26-24-22-20-18-16-12-2/h21-24,27-30,57-58,61-62H,11-20,25-26,31-56H2,1-10H3,(H,65,73)(H,66,74)/b23-21-,24-22-,29-27-,30-28-. The zero-order valence-corrected chi connectivity index (χ0v) is 50.2. The molecule has 0 rings (SSSR count). The molecule has 0 radical (unpaired) electrons. The predicted molar refractivity (Wildman–Crippen MR) is 319 cm³/mol. The summed E-state index contributed by atoms with van der Waals surface area (Å²) in [6.07, 6.45) is 49.8. The van der Waals surface area contributed by atoms with E-state index in [4.69, 9.17) is 0 Å². The lowest BCUT2D eigenvalue weighted by Crippen LogP contribution is -2.53. The van der Waals surface area contributed by atoms with E-state index in [1.165, 1.54) is 77.0 Å². The highest BCUT2D eigenvalue weighted by Gasteiger charge is 2.33. The van der Waals surface area contributed by atoms with Crippen LogP contribution in [0.3, 0.4) is 0 Å². The van der Waals surface area contributed by atoms with Gasteiger partial charge in [-0.1, -0.05) is 181 Å². The number of hydrogen-bond donors (Lipinski definition) is 2. The number of rotatable bonds is 51. The van der Waals surface area contributed by atoms with Gasteiger partial charge in [-0.15, -0.1) is 0 Å². The Morgan fingerprint density at radius 3 is 1.08 bits per heavy atom. The summed E-state index contributed by atoms with van der Waals surface area (Å²) >= 11 is 0. The minimum absolute atomic E-state index is 0.0000839. The van der Waals surface area contributed by atoms with Crippen molar-refractivity contribution in [3.8, 4) is 0 Å². The van der Waals surface area contributed by atoms with Crippen LogP contribution in [0.1, 0.15) is 248 Å². The average molecular weight is 1040 g/mol. The average Bonchev–Trinajstić information content (AvgIpc) is 3.37. The Hall–Kier alpha value is -3.24. The lowest BCUT2D eigenvalue weighted by atomic mass is 9.99. The fourth-order valence-corrected chi connectivity index (χ4v) is 9.71. The molecule has 0 aromatic carbocycles. The van der Waals surface area contributed by atoms with Gasteiger partial charge >= 0.3 is 0 Å². The molecule has 0 saturated heterocycles. The smallest absolute Gasteiger partial charge is 0.243 e. The van der Waals surface area contributed by atoms with Crippen LogP contribution in [0.2, 0.25) is 0 Å². The third-order valence-electron chi connectivity index (χ3n) is 14.3. The first-order valence-electron chi connectivity index (χ1n) is 31.0. The van der Waals surface area contributed by atoms with Crippen molar-refractivity contribution in [2.24, 2.45) is 11.8 Å². The second-order valence-corrected chi connectivity index (χ2v) is 22.0. The molecule has 0 aromatic rings. The summed E-state index contributed by atoms with van der Waals surface area (Å²) in [5.74, 6) is 0.0818. The molecule has 0 aromatic heterocycles. The molecule has 0 heterocycles. The first-order valence-corrected chi connectivity index (χ1v) is 31.0. The molecule has 0 aliphatic carbocycles. The summed E-state index contributed by atoms with van der Waals surface area (Å²) < 4.78 is 0. The molecular formula is C64H120N6O4. The Labute approximate surface area is 458 Å². The number of carbonyl (C=O) groups is 4. The highest BCUT2D eigenvalue weighted by atomic mass is 16.2. The number of carbonyl (C=O) groups excluding carboxylic acids is 4. The van der Waals surface area contributed by atoms with Crippen LogP contribution in [-0.2, 0) is 19.2 Å². The van der Waals surface area contributed by atoms with E-state index in [2.05, 4.69) is 111 Å². The van der Waals surface area contributed by atoms with Crippen molar-refractivity contribution in [1.82, 2.24) is 30.2 Å². The quantitative estimate of drug-likeness (QED) is 0.0464. The van der Waals surface area contributed by atoms with Gasteiger partial charge in [-0.3, -0.25) is 19.2 Å². The molecule has 0 aliphatic rings. The summed E-state index contributed by atoms with van der Waals surface area (Å²) in [6, 6.07) is -0.980. The first kappa shape index (κ1) is 70.8. The summed E-state index contributed by atoms with van der Waals surface area (Å²) in [6.45, 7) is 23.1. The van der Waals surface area contributed by atoms with E-state index in [1.807, 2.05) is 37.7 Å². The van der Waals surface area contributed by atoms with Gasteiger partial charge in [0.2, 0.25) is 23.6 Å². The molecule has 2 unspecified atom stereocenters. The van der Waals surface area contributed by atoms with E-state index in [1.54, 1.807) is 0 Å². The van der Waals surface area contributed by atoms with Crippen molar-refractivity contribution in [2.45, 2.75) is 260 Å². The Morgan fingerprint density at radius 1 is 0.392 bits per heavy atom. The Bertz CT molecular complexity index is 1470. The van der Waals surface area contributed by atoms with Gasteiger partial charge in [0, 0.05) is 39.0 Å². The largest absolute Gasteiger partial charge is 0.354 e. The summed E-state index contributed by atoms with van der Waals surface area (Å²) in [5.41, 5.74) is 0. The lowest BCUT2D eigenvalue weighted by molar-refractivity contribution is -0.142. The number of allylic oxidation sites excluding steroid dienone is 8. The van der Waals surface area contributed by atoms with E-state index < -0.39 is 12.1 Å². The van der Waals surface area contributed by atoms with Crippen molar-refractivity contribution in [3.05, 3.63) is 48.6 Å². The molecule has 2 atom stereocenters. The molecule has 430 valence electrons. The van der Waals surface area contributed by atoms with Crippen LogP contribution in [0.4, 0.5) is 0 Å². The van der Waals surface area contributed by atoms with Crippen molar-refractivity contribution >= 4 is 23.6 Å². The summed E-state index contributed by atoms with van der Waals surface area (Å²) in [4.78, 5) is 63.6. The van der Waals surface area contributed by atoms with Gasteiger partial charge in [0.1, 0.15) is 12.1 Å². The third-order valence-corrected chi connectivity index (χ3v) is 14.3. The van der Waals surface area contributed by atoms with E-state index >= 15 is 0 Å². The van der Waals surface area contributed by atoms with E-state index in [0.29, 0.717) is 39.0 Å². The molecular weight excluding hydrogens is 917 g/mol. The van der Waals surface area contributed by atoms with Gasteiger partial charge < -0.3 is 30.2 Å². The lowest BCUT2D eigenvalue weighted by Gasteiger charge is -2.34. The molecule has 0 saturated carbocycles. The molecule has 4 amide bonds. The van der Waals surface area contributed by atoms with Gasteiger partial charge in [-0.05, 0) is 155 Å². The van der Waals surface area contributed by atoms with Gasteiger partial charge in [0.15, 0.2) is 0 Å². The van der Waals surface area contributed by atoms with Gasteiger partial charge in [-0.25, -0.2) is 0 Å². The minimum atomic E-state index is -0.490. The first-order chi connectivity index (χ1) is 35.9. The molecule has 74 heavy (non-hydrogen) atoms. The van der Waals surface area contributed by atoms with E-state index in [0.717, 1.165) is 129 Å². The van der Waals surface area contributed by atoms with Crippen LogP contribution in [0, 0.1) is 11.8 Å². The maximum absolute atomic E-state index is 13.9. The number of nitrogens with one attached hydrogen (secondary N) is 2. The van der Waals surface area contributed by atoms with E-state index in [9.17, 15) is 19.2 Å². The van der Waals surface area contributed by atoms with Crippen molar-refractivity contribution in [3.63, 3.8) is 0 Å². The molecule has 0 fully saturated rings. The van der Waals surface area contributed by atoms with Crippen LogP contribution in [0.15, 0.2) is 48.6 Å². The van der Waals surface area contributed by atoms with Crippen LogP contribution < -0.4 is 10.6 Å². The predicted octanol–water partition coefficient (Wildman–Crippen LogP) is 14.8. The maximum atomic E-state index is 13.9. The number of nitrogens with zero attached hydrogens (tertiary/aromatic N) is 4. The molecule has 0 bridgehead atoms. The topological polar surface area (TPSA) is 105 Å². The molecule has 2 N–H and O–H groups in total. The second-order valence-electron chi connectivity index (χ2n) is 22.0. The molecule has 10 heteroatoms. The fourth-order valence-electron chi connectivity index (χ4n) is 9.71. The minimum Gasteiger partial charge on any atom is -0.354 e. The number of hydrogen-bond acceptors (Lipinski definition) is 6. The fraction of sp³-hybridized carbons (Fsp3) is 0.812. The monoisotopic (exact) mass is 1040 g/mol. The SMILES string of the molecule is CCCCC/C=C\C/C=C\CCCCCCCC(=O)N(CCCN(C)C)C(C(=O)NCCCCCCNC(=O)C(C(C)C)N(CCCN(CC)CC)C(=O)CCCCCCC/C=C\C/C=C\CCCCC)C(C)C. The highest BCUT2D eigenvalue weighted by Crippen LogP contribution is 2.19. The van der Waals surface area contributed by atoms with Crippen LogP contribution in [-0.4, -0.2) is 122 Å². The third kappa shape index (κ3) is 39.2. The van der Waals surface area contributed by atoms with Crippen molar-refractivity contribution in [1.29, 1.82) is 0 Å². The Balaban J connectivity index is 5.02. The highest BCUT2D eigenvalue weighted by molar-refractivity contribution is 5.88. The molecule has 0 aliphatic heterocycles. The zero-order chi connectivity index (χ0) is 54.9. The Kier molecular flexibility index (Phi) is 48.4. The summed E-state index contributed by atoms with van der Waals surface area (Å²) in [5, 5.41) is 6.39. The van der Waals surface area contributed by atoms with Gasteiger partial charge in [-0.2, -0.15) is 0 Å². The zero-order valence-electron chi connectivity index (χ0n) is 50.2. The van der Waals surface area contributed by atoms with Crippen LogP contribution in [0.5, 0.6) is 0 Å². The van der Waals surface area contributed by atoms with Crippen LogP contribution >= 0.6 is 0 Å². The molecule has 10 nitrogen and oxygen atoms in total. The Morgan fingerprint density at radius 2 is 0.730 bits per heavy atom.